The van der Waals surface area contributed by atoms with Gasteiger partial charge in [0.25, 0.3) is 0 Å². The highest BCUT2D eigenvalue weighted by Gasteiger charge is 2.28. The summed E-state index contributed by atoms with van der Waals surface area (Å²) in [7, 11) is -2.18. The van der Waals surface area contributed by atoms with Gasteiger partial charge >= 0.3 is 0 Å². The molecule has 1 atom stereocenters. The molecule has 1 aliphatic rings. The lowest BCUT2D eigenvalue weighted by molar-refractivity contribution is -0.126. The molecule has 10 heteroatoms. The third kappa shape index (κ3) is 6.83. The number of aliphatic hydroxyl groups excluding tert-OH is 1. The molecule has 1 saturated heterocycles. The zero-order valence-corrected chi connectivity index (χ0v) is 19.9. The van der Waals surface area contributed by atoms with Crippen LogP contribution >= 0.6 is 0 Å². The van der Waals surface area contributed by atoms with Gasteiger partial charge in [-0.25, -0.2) is 12.7 Å². The molecule has 0 spiro atoms. The number of benzene rings is 2. The Hall–Kier alpha value is -2.82. The van der Waals surface area contributed by atoms with Crippen LogP contribution in [-0.4, -0.2) is 87.4 Å². The second-order valence-corrected chi connectivity index (χ2v) is 10.1. The summed E-state index contributed by atoms with van der Waals surface area (Å²) in [5, 5.41) is 10.6. The Morgan fingerprint density at radius 1 is 1.12 bits per heavy atom. The van der Waals surface area contributed by atoms with Gasteiger partial charge in [-0.15, -0.1) is 0 Å². The molecular formula is C23H32N4O5S. The largest absolute Gasteiger partial charge is 0.495 e. The van der Waals surface area contributed by atoms with Gasteiger partial charge in [0.2, 0.25) is 15.9 Å². The number of amides is 1. The van der Waals surface area contributed by atoms with Crippen molar-refractivity contribution in [3.63, 3.8) is 0 Å². The number of piperazine rings is 1. The molecule has 33 heavy (non-hydrogen) atoms. The average Bonchev–Trinajstić information content (AvgIpc) is 2.78. The van der Waals surface area contributed by atoms with Crippen LogP contribution in [0.1, 0.15) is 5.56 Å². The SMILES string of the molecule is COc1ccccc1N1CCN(CC(O)CN(C(=O)Cc2ccc(N)cc2)S(C)(=O)=O)CC1. The van der Waals surface area contributed by atoms with Gasteiger partial charge in [0.1, 0.15) is 5.75 Å². The van der Waals surface area contributed by atoms with E-state index in [0.717, 1.165) is 35.1 Å². The first-order chi connectivity index (χ1) is 15.7. The molecule has 1 heterocycles. The first-order valence-corrected chi connectivity index (χ1v) is 12.7. The van der Waals surface area contributed by atoms with Crippen molar-refractivity contribution in [1.29, 1.82) is 0 Å². The van der Waals surface area contributed by atoms with Gasteiger partial charge in [-0.1, -0.05) is 24.3 Å². The van der Waals surface area contributed by atoms with Crippen molar-refractivity contribution in [1.82, 2.24) is 9.21 Å². The maximum atomic E-state index is 12.7. The second-order valence-electron chi connectivity index (χ2n) is 8.22. The summed E-state index contributed by atoms with van der Waals surface area (Å²) in [4.78, 5) is 17.0. The molecule has 1 unspecified atom stereocenters. The van der Waals surface area contributed by atoms with Crippen LogP contribution in [0.5, 0.6) is 5.75 Å². The number of nitrogens with two attached hydrogens (primary N) is 1. The summed E-state index contributed by atoms with van der Waals surface area (Å²) in [6.07, 6.45) is -0.0996. The predicted molar refractivity (Wildman–Crippen MR) is 129 cm³/mol. The maximum absolute atomic E-state index is 12.7. The van der Waals surface area contributed by atoms with Gasteiger partial charge in [0, 0.05) is 38.4 Å². The third-order valence-corrected chi connectivity index (χ3v) is 6.81. The van der Waals surface area contributed by atoms with E-state index in [1.807, 2.05) is 24.3 Å². The summed E-state index contributed by atoms with van der Waals surface area (Å²) in [5.74, 6) is 0.233. The van der Waals surface area contributed by atoms with E-state index in [1.165, 1.54) is 0 Å². The smallest absolute Gasteiger partial charge is 0.240 e. The molecule has 2 aromatic rings. The summed E-state index contributed by atoms with van der Waals surface area (Å²) < 4.78 is 30.7. The maximum Gasteiger partial charge on any atom is 0.240 e. The van der Waals surface area contributed by atoms with Crippen LogP contribution in [0.2, 0.25) is 0 Å². The van der Waals surface area contributed by atoms with Crippen molar-refractivity contribution in [2.75, 3.05) is 63.3 Å². The van der Waals surface area contributed by atoms with Crippen molar-refractivity contribution in [3.05, 3.63) is 54.1 Å². The number of aliphatic hydroxyl groups is 1. The van der Waals surface area contributed by atoms with Gasteiger partial charge in [-0.2, -0.15) is 0 Å². The van der Waals surface area contributed by atoms with Crippen LogP contribution in [0.3, 0.4) is 0 Å². The molecule has 0 bridgehead atoms. The second kappa shape index (κ2) is 10.9. The molecule has 0 radical (unpaired) electrons. The van der Waals surface area contributed by atoms with Crippen molar-refractivity contribution in [2.24, 2.45) is 0 Å². The summed E-state index contributed by atoms with van der Waals surface area (Å²) in [6, 6.07) is 14.5. The zero-order chi connectivity index (χ0) is 24.0. The van der Waals surface area contributed by atoms with Crippen molar-refractivity contribution in [3.8, 4) is 5.75 Å². The van der Waals surface area contributed by atoms with Gasteiger partial charge in [0.15, 0.2) is 0 Å². The van der Waals surface area contributed by atoms with Crippen LogP contribution in [0.4, 0.5) is 11.4 Å². The molecular weight excluding hydrogens is 444 g/mol. The molecule has 3 N–H and O–H groups in total. The standard InChI is InChI=1S/C23H32N4O5S/c1-32-22-6-4-3-5-21(22)26-13-11-25(12-14-26)16-20(28)17-27(33(2,30)31)23(29)15-18-7-9-19(24)10-8-18/h3-10,20,28H,11-17,24H2,1-2H3. The lowest BCUT2D eigenvalue weighted by atomic mass is 10.1. The Labute approximate surface area is 195 Å². The number of anilines is 2. The number of carbonyl (C=O) groups excluding carboxylic acids is 1. The fraction of sp³-hybridized carbons (Fsp3) is 0.435. The number of para-hydroxylation sites is 2. The highest BCUT2D eigenvalue weighted by atomic mass is 32.2. The van der Waals surface area contributed by atoms with Crippen LogP contribution < -0.4 is 15.4 Å². The van der Waals surface area contributed by atoms with E-state index >= 15 is 0 Å². The lowest BCUT2D eigenvalue weighted by Crippen LogP contribution is -2.51. The number of hydrogen-bond acceptors (Lipinski definition) is 8. The highest BCUT2D eigenvalue weighted by Crippen LogP contribution is 2.28. The summed E-state index contributed by atoms with van der Waals surface area (Å²) in [6.45, 7) is 2.90. The van der Waals surface area contributed by atoms with E-state index in [-0.39, 0.29) is 19.5 Å². The minimum atomic E-state index is -3.82. The number of rotatable bonds is 9. The van der Waals surface area contributed by atoms with Crippen LogP contribution in [0.25, 0.3) is 0 Å². The molecule has 0 aromatic heterocycles. The number of nitrogen functional groups attached to an aromatic ring is 1. The number of carbonyl (C=O) groups is 1. The van der Waals surface area contributed by atoms with E-state index in [0.29, 0.717) is 24.3 Å². The molecule has 9 nitrogen and oxygen atoms in total. The summed E-state index contributed by atoms with van der Waals surface area (Å²) >= 11 is 0. The van der Waals surface area contributed by atoms with E-state index in [4.69, 9.17) is 10.5 Å². The number of β-amino-alcohol motifs (C(OH)–C–C–N with tert-alkyl or cyclic N) is 1. The number of sulfonamides is 1. The highest BCUT2D eigenvalue weighted by molar-refractivity contribution is 7.88. The van der Waals surface area contributed by atoms with E-state index in [9.17, 15) is 18.3 Å². The third-order valence-electron chi connectivity index (χ3n) is 5.66. The normalized spacial score (nSPS) is 15.8. The molecule has 1 fully saturated rings. The quantitative estimate of drug-likeness (QED) is 0.511. The minimum Gasteiger partial charge on any atom is -0.495 e. The van der Waals surface area contributed by atoms with Gasteiger partial charge in [-0.3, -0.25) is 9.69 Å². The molecule has 180 valence electrons. The number of ether oxygens (including phenoxy) is 1. The Bertz CT molecular complexity index is 1040. The fourth-order valence-electron chi connectivity index (χ4n) is 3.93. The Balaban J connectivity index is 1.56. The molecule has 1 aliphatic heterocycles. The molecule has 0 aliphatic carbocycles. The number of hydrogen-bond donors (Lipinski definition) is 2. The first kappa shape index (κ1) is 24.8. The molecule has 0 saturated carbocycles. The molecule has 3 rings (SSSR count). The van der Waals surface area contributed by atoms with Crippen molar-refractivity contribution in [2.45, 2.75) is 12.5 Å². The van der Waals surface area contributed by atoms with Gasteiger partial charge in [0.05, 0.1) is 38.1 Å². The fourth-order valence-corrected chi connectivity index (χ4v) is 4.81. The Kier molecular flexibility index (Phi) is 8.17. The topological polar surface area (TPSA) is 116 Å². The van der Waals surface area contributed by atoms with Crippen molar-refractivity contribution < 1.29 is 23.1 Å². The monoisotopic (exact) mass is 476 g/mol. The lowest BCUT2D eigenvalue weighted by Gasteiger charge is -2.37. The first-order valence-electron chi connectivity index (χ1n) is 10.8. The van der Waals surface area contributed by atoms with E-state index < -0.39 is 22.0 Å². The average molecular weight is 477 g/mol. The number of methoxy groups -OCH3 is 1. The Morgan fingerprint density at radius 3 is 2.36 bits per heavy atom. The Morgan fingerprint density at radius 2 is 1.76 bits per heavy atom. The molecule has 1 amide bonds. The zero-order valence-electron chi connectivity index (χ0n) is 19.1. The van der Waals surface area contributed by atoms with E-state index in [2.05, 4.69) is 9.80 Å². The van der Waals surface area contributed by atoms with Crippen LogP contribution in [0, 0.1) is 0 Å². The van der Waals surface area contributed by atoms with E-state index in [1.54, 1.807) is 31.4 Å². The molecule has 2 aromatic carbocycles. The van der Waals surface area contributed by atoms with Crippen LogP contribution in [0.15, 0.2) is 48.5 Å². The predicted octanol–water partition coefficient (Wildman–Crippen LogP) is 0.791. The van der Waals surface area contributed by atoms with Gasteiger partial charge in [-0.05, 0) is 29.8 Å². The number of nitrogens with zero attached hydrogens (tertiary/aromatic N) is 3. The van der Waals surface area contributed by atoms with Crippen LogP contribution in [-0.2, 0) is 21.2 Å². The summed E-state index contributed by atoms with van der Waals surface area (Å²) in [5.41, 5.74) is 7.90. The van der Waals surface area contributed by atoms with Gasteiger partial charge < -0.3 is 20.5 Å². The minimum absolute atomic E-state index is 0.0857. The van der Waals surface area contributed by atoms with Crippen molar-refractivity contribution >= 4 is 27.3 Å².